The fourth-order valence-electron chi connectivity index (χ4n) is 4.83. The van der Waals surface area contributed by atoms with Gasteiger partial charge in [0.15, 0.2) is 0 Å². The average Bonchev–Trinajstić information content (AvgIpc) is 2.77. The van der Waals surface area contributed by atoms with Crippen LogP contribution < -0.4 is 5.32 Å². The summed E-state index contributed by atoms with van der Waals surface area (Å²) in [6, 6.07) is 1.30. The van der Waals surface area contributed by atoms with E-state index in [4.69, 9.17) is 4.74 Å². The van der Waals surface area contributed by atoms with Gasteiger partial charge in [-0.2, -0.15) is 0 Å². The first kappa shape index (κ1) is 12.0. The molecule has 0 aromatic rings. The molecule has 3 rings (SSSR count). The molecule has 0 aromatic heterocycles. The summed E-state index contributed by atoms with van der Waals surface area (Å²) < 4.78 is 5.61. The van der Waals surface area contributed by atoms with Crippen molar-refractivity contribution in [2.45, 2.75) is 65.0 Å². The van der Waals surface area contributed by atoms with Gasteiger partial charge in [0.1, 0.15) is 0 Å². The molecule has 1 heterocycles. The Kier molecular flexibility index (Phi) is 2.79. The molecule has 2 bridgehead atoms. The Morgan fingerprint density at radius 2 is 2.00 bits per heavy atom. The number of fused-ring (bicyclic) bond motifs is 2. The van der Waals surface area contributed by atoms with Crippen molar-refractivity contribution in [2.24, 2.45) is 16.7 Å². The van der Waals surface area contributed by atoms with Gasteiger partial charge >= 0.3 is 0 Å². The third kappa shape index (κ3) is 1.84. The topological polar surface area (TPSA) is 21.3 Å². The van der Waals surface area contributed by atoms with Gasteiger partial charge < -0.3 is 10.1 Å². The van der Waals surface area contributed by atoms with Gasteiger partial charge in [-0.15, -0.1) is 0 Å². The molecule has 17 heavy (non-hydrogen) atoms. The Bertz CT molecular complexity index is 291. The molecule has 1 saturated heterocycles. The van der Waals surface area contributed by atoms with Gasteiger partial charge in [-0.05, 0) is 48.9 Å². The van der Waals surface area contributed by atoms with Crippen molar-refractivity contribution < 1.29 is 4.74 Å². The highest BCUT2D eigenvalue weighted by molar-refractivity contribution is 5.12. The number of nitrogens with one attached hydrogen (secondary N) is 1. The zero-order valence-electron chi connectivity index (χ0n) is 11.6. The van der Waals surface area contributed by atoms with E-state index in [1.165, 1.54) is 32.1 Å². The van der Waals surface area contributed by atoms with Crippen LogP contribution in [0.25, 0.3) is 0 Å². The second-order valence-electron chi connectivity index (χ2n) is 7.43. The fraction of sp³-hybridized carbons (Fsp3) is 1.00. The van der Waals surface area contributed by atoms with Crippen molar-refractivity contribution in [3.05, 3.63) is 0 Å². The van der Waals surface area contributed by atoms with Gasteiger partial charge in [0, 0.05) is 18.7 Å². The van der Waals surface area contributed by atoms with Crippen LogP contribution in [0.3, 0.4) is 0 Å². The molecule has 3 fully saturated rings. The Hall–Kier alpha value is -0.0800. The summed E-state index contributed by atoms with van der Waals surface area (Å²) in [6.45, 7) is 9.34. The summed E-state index contributed by atoms with van der Waals surface area (Å²) in [6.07, 6.45) is 6.83. The van der Waals surface area contributed by atoms with Gasteiger partial charge in [0.2, 0.25) is 0 Å². The summed E-state index contributed by atoms with van der Waals surface area (Å²) in [5.41, 5.74) is 1.02. The summed E-state index contributed by atoms with van der Waals surface area (Å²) in [7, 11) is 0. The second kappa shape index (κ2) is 3.96. The standard InChI is InChI=1S/C15H27NO/c1-14(2)11-6-7-15(3,9-11)13(14)16-12-5-4-8-17-10-12/h11-13,16H,4-10H2,1-3H3/t11-,12?,13?,15+/m0/s1. The zero-order chi connectivity index (χ0) is 12.1. The molecule has 0 amide bonds. The maximum absolute atomic E-state index is 5.61. The lowest BCUT2D eigenvalue weighted by molar-refractivity contribution is 0.0358. The monoisotopic (exact) mass is 237 g/mol. The Labute approximate surface area is 105 Å². The average molecular weight is 237 g/mol. The van der Waals surface area contributed by atoms with Crippen molar-refractivity contribution in [1.29, 1.82) is 0 Å². The van der Waals surface area contributed by atoms with Gasteiger partial charge in [-0.25, -0.2) is 0 Å². The van der Waals surface area contributed by atoms with Crippen molar-refractivity contribution >= 4 is 0 Å². The molecule has 3 aliphatic rings. The first-order chi connectivity index (χ1) is 8.02. The van der Waals surface area contributed by atoms with E-state index >= 15 is 0 Å². The minimum Gasteiger partial charge on any atom is -0.380 e. The molecule has 2 unspecified atom stereocenters. The van der Waals surface area contributed by atoms with E-state index in [2.05, 4.69) is 26.1 Å². The molecular formula is C15H27NO. The van der Waals surface area contributed by atoms with Crippen LogP contribution in [0.5, 0.6) is 0 Å². The van der Waals surface area contributed by atoms with Crippen molar-refractivity contribution in [2.75, 3.05) is 13.2 Å². The number of rotatable bonds is 2. The molecule has 0 aromatic carbocycles. The molecule has 1 N–H and O–H groups in total. The second-order valence-corrected chi connectivity index (χ2v) is 7.43. The quantitative estimate of drug-likeness (QED) is 0.797. The smallest absolute Gasteiger partial charge is 0.0619 e. The fourth-order valence-corrected chi connectivity index (χ4v) is 4.83. The van der Waals surface area contributed by atoms with E-state index in [0.29, 0.717) is 22.9 Å². The summed E-state index contributed by atoms with van der Waals surface area (Å²) in [5.74, 6) is 0.939. The van der Waals surface area contributed by atoms with Crippen LogP contribution in [-0.2, 0) is 4.74 Å². The van der Waals surface area contributed by atoms with Crippen LogP contribution in [0.1, 0.15) is 52.9 Å². The molecule has 2 aliphatic carbocycles. The highest BCUT2D eigenvalue weighted by Crippen LogP contribution is 2.62. The molecule has 4 atom stereocenters. The van der Waals surface area contributed by atoms with Gasteiger partial charge in [0.05, 0.1) is 6.61 Å². The third-order valence-electron chi connectivity index (χ3n) is 5.83. The number of hydrogen-bond donors (Lipinski definition) is 1. The molecule has 0 spiro atoms. The van der Waals surface area contributed by atoms with Crippen LogP contribution in [-0.4, -0.2) is 25.3 Å². The van der Waals surface area contributed by atoms with E-state index in [0.717, 1.165) is 19.1 Å². The van der Waals surface area contributed by atoms with Crippen LogP contribution in [0.15, 0.2) is 0 Å². The van der Waals surface area contributed by atoms with Crippen LogP contribution in [0.4, 0.5) is 0 Å². The Morgan fingerprint density at radius 1 is 1.18 bits per heavy atom. The van der Waals surface area contributed by atoms with E-state index in [-0.39, 0.29) is 0 Å². The lowest BCUT2D eigenvalue weighted by atomic mass is 9.68. The Morgan fingerprint density at radius 3 is 2.59 bits per heavy atom. The third-order valence-corrected chi connectivity index (χ3v) is 5.83. The van der Waals surface area contributed by atoms with Crippen LogP contribution in [0.2, 0.25) is 0 Å². The van der Waals surface area contributed by atoms with Gasteiger partial charge in [0.25, 0.3) is 0 Å². The van der Waals surface area contributed by atoms with E-state index in [1.807, 2.05) is 0 Å². The number of hydrogen-bond acceptors (Lipinski definition) is 2. The predicted octanol–water partition coefficient (Wildman–Crippen LogP) is 2.97. The van der Waals surface area contributed by atoms with E-state index in [9.17, 15) is 0 Å². The van der Waals surface area contributed by atoms with Crippen molar-refractivity contribution in [3.63, 3.8) is 0 Å². The summed E-state index contributed by atoms with van der Waals surface area (Å²) in [4.78, 5) is 0. The number of ether oxygens (including phenoxy) is 1. The van der Waals surface area contributed by atoms with E-state index in [1.54, 1.807) is 0 Å². The molecule has 0 radical (unpaired) electrons. The maximum atomic E-state index is 5.61. The first-order valence-corrected chi connectivity index (χ1v) is 7.36. The largest absolute Gasteiger partial charge is 0.380 e. The highest BCUT2D eigenvalue weighted by atomic mass is 16.5. The molecule has 2 saturated carbocycles. The SMILES string of the molecule is CC1(C)C(NC2CCCOC2)[C@]2(C)CC[C@H]1C2. The van der Waals surface area contributed by atoms with Crippen molar-refractivity contribution in [1.82, 2.24) is 5.32 Å². The summed E-state index contributed by atoms with van der Waals surface area (Å²) in [5, 5.41) is 3.96. The summed E-state index contributed by atoms with van der Waals surface area (Å²) >= 11 is 0. The molecule has 98 valence electrons. The molecular weight excluding hydrogens is 210 g/mol. The van der Waals surface area contributed by atoms with Crippen molar-refractivity contribution in [3.8, 4) is 0 Å². The lowest BCUT2D eigenvalue weighted by Gasteiger charge is -2.45. The minimum absolute atomic E-state index is 0.477. The van der Waals surface area contributed by atoms with Crippen LogP contribution >= 0.6 is 0 Å². The van der Waals surface area contributed by atoms with E-state index < -0.39 is 0 Å². The van der Waals surface area contributed by atoms with Crippen LogP contribution in [0, 0.1) is 16.7 Å². The zero-order valence-corrected chi connectivity index (χ0v) is 11.6. The van der Waals surface area contributed by atoms with Gasteiger partial charge in [-0.3, -0.25) is 0 Å². The highest BCUT2D eigenvalue weighted by Gasteiger charge is 2.59. The van der Waals surface area contributed by atoms with Gasteiger partial charge in [-0.1, -0.05) is 20.8 Å². The molecule has 2 heteroatoms. The first-order valence-electron chi connectivity index (χ1n) is 7.36. The predicted molar refractivity (Wildman–Crippen MR) is 70.0 cm³/mol. The molecule has 2 nitrogen and oxygen atoms in total. The Balaban J connectivity index is 1.73. The maximum Gasteiger partial charge on any atom is 0.0619 e. The molecule has 1 aliphatic heterocycles. The lowest BCUT2D eigenvalue weighted by Crippen LogP contribution is -2.55. The normalized spacial score (nSPS) is 48.5. The minimum atomic E-state index is 0.477.